The molecule has 5 nitrogen and oxygen atoms in total. The third-order valence-electron chi connectivity index (χ3n) is 3.07. The van der Waals surface area contributed by atoms with Crippen LogP contribution in [0.2, 0.25) is 5.02 Å². The molecule has 22 heavy (non-hydrogen) atoms. The van der Waals surface area contributed by atoms with Crippen molar-refractivity contribution in [2.75, 3.05) is 0 Å². The molecule has 0 atom stereocenters. The fourth-order valence-electron chi connectivity index (χ4n) is 2.05. The summed E-state index contributed by atoms with van der Waals surface area (Å²) in [5.41, 5.74) is 0.859. The summed E-state index contributed by atoms with van der Waals surface area (Å²) in [4.78, 5) is 3.03. The average Bonchev–Trinajstić information content (AvgIpc) is 3.10. The fraction of sp³-hybridized carbons (Fsp3) is 0.154. The zero-order valence-corrected chi connectivity index (χ0v) is 11.7. The van der Waals surface area contributed by atoms with E-state index in [-0.39, 0.29) is 5.02 Å². The maximum Gasteiger partial charge on any atom is 0.417 e. The summed E-state index contributed by atoms with van der Waals surface area (Å²) in [5.74, 6) is 0.487. The highest BCUT2D eigenvalue weighted by atomic mass is 35.5. The molecule has 0 aliphatic heterocycles. The highest BCUT2D eigenvalue weighted by Crippen LogP contribution is 2.37. The first-order valence-electron chi connectivity index (χ1n) is 6.21. The molecule has 9 heteroatoms. The van der Waals surface area contributed by atoms with Gasteiger partial charge in [0.05, 0.1) is 17.0 Å². The second-order valence-electron chi connectivity index (χ2n) is 4.59. The zero-order valence-electron chi connectivity index (χ0n) is 10.9. The maximum atomic E-state index is 12.9. The number of nitrogens with zero attached hydrogens (tertiary/aromatic N) is 3. The van der Waals surface area contributed by atoms with Crippen molar-refractivity contribution in [1.82, 2.24) is 25.6 Å². The first-order chi connectivity index (χ1) is 10.4. The van der Waals surface area contributed by atoms with E-state index in [9.17, 15) is 13.2 Å². The smallest absolute Gasteiger partial charge is 0.358 e. The van der Waals surface area contributed by atoms with E-state index >= 15 is 0 Å². The molecule has 0 aliphatic carbocycles. The van der Waals surface area contributed by atoms with Gasteiger partial charge in [-0.3, -0.25) is 0 Å². The highest BCUT2D eigenvalue weighted by Gasteiger charge is 2.33. The minimum atomic E-state index is -4.49. The molecule has 0 aliphatic rings. The Morgan fingerprint density at radius 1 is 1.14 bits per heavy atom. The first-order valence-corrected chi connectivity index (χ1v) is 6.58. The lowest BCUT2D eigenvalue weighted by Crippen LogP contribution is -2.05. The quantitative estimate of drug-likeness (QED) is 0.774. The van der Waals surface area contributed by atoms with E-state index in [0.29, 0.717) is 23.5 Å². The van der Waals surface area contributed by atoms with Gasteiger partial charge in [-0.1, -0.05) is 22.9 Å². The number of benzene rings is 1. The van der Waals surface area contributed by atoms with Crippen LogP contribution < -0.4 is 0 Å². The number of aromatic nitrogens is 5. The molecular formula is C13H9ClF3N5. The first kappa shape index (κ1) is 14.6. The summed E-state index contributed by atoms with van der Waals surface area (Å²) >= 11 is 5.61. The van der Waals surface area contributed by atoms with Crippen LogP contribution in [0.4, 0.5) is 13.2 Å². The van der Waals surface area contributed by atoms with Crippen LogP contribution in [0.3, 0.4) is 0 Å². The fourth-order valence-corrected chi connectivity index (χ4v) is 2.27. The lowest BCUT2D eigenvalue weighted by Gasteiger charge is -2.10. The molecule has 0 unspecified atom stereocenters. The minimum Gasteiger partial charge on any atom is -0.358 e. The molecule has 0 spiro atoms. The summed E-state index contributed by atoms with van der Waals surface area (Å²) < 4.78 is 38.6. The van der Waals surface area contributed by atoms with Gasteiger partial charge in [-0.15, -0.1) is 10.2 Å². The van der Waals surface area contributed by atoms with Crippen LogP contribution in [0.25, 0.3) is 11.3 Å². The second-order valence-corrected chi connectivity index (χ2v) is 5.00. The van der Waals surface area contributed by atoms with Gasteiger partial charge >= 0.3 is 6.18 Å². The number of tetrazole rings is 1. The van der Waals surface area contributed by atoms with E-state index < -0.39 is 11.7 Å². The van der Waals surface area contributed by atoms with Gasteiger partial charge < -0.3 is 4.98 Å². The predicted molar refractivity (Wildman–Crippen MR) is 73.2 cm³/mol. The summed E-state index contributed by atoms with van der Waals surface area (Å²) in [7, 11) is 0. The Labute approximate surface area is 127 Å². The normalized spacial score (nSPS) is 11.8. The molecule has 3 rings (SSSR count). The van der Waals surface area contributed by atoms with E-state index in [1.54, 1.807) is 12.1 Å². The molecule has 2 aromatic heterocycles. The molecule has 0 fully saturated rings. The maximum absolute atomic E-state index is 12.9. The number of alkyl halides is 3. The summed E-state index contributed by atoms with van der Waals surface area (Å²) in [6.45, 7) is 0. The minimum absolute atomic E-state index is 0.324. The van der Waals surface area contributed by atoms with Crippen LogP contribution in [-0.2, 0) is 12.6 Å². The lowest BCUT2D eigenvalue weighted by molar-refractivity contribution is -0.137. The average molecular weight is 328 g/mol. The van der Waals surface area contributed by atoms with E-state index in [0.717, 1.165) is 11.8 Å². The van der Waals surface area contributed by atoms with Gasteiger partial charge in [0.1, 0.15) is 0 Å². The summed E-state index contributed by atoms with van der Waals surface area (Å²) in [6.07, 6.45) is -4.09. The third kappa shape index (κ3) is 2.96. The summed E-state index contributed by atoms with van der Waals surface area (Å²) in [6, 6.07) is 7.24. The molecule has 0 radical (unpaired) electrons. The lowest BCUT2D eigenvalue weighted by atomic mass is 10.1. The van der Waals surface area contributed by atoms with E-state index in [2.05, 4.69) is 25.6 Å². The molecule has 0 saturated carbocycles. The number of halogens is 4. The van der Waals surface area contributed by atoms with Crippen molar-refractivity contribution in [1.29, 1.82) is 0 Å². The van der Waals surface area contributed by atoms with Gasteiger partial charge in [0.2, 0.25) is 0 Å². The van der Waals surface area contributed by atoms with Gasteiger partial charge in [0, 0.05) is 11.4 Å². The van der Waals surface area contributed by atoms with Crippen LogP contribution in [0, 0.1) is 0 Å². The van der Waals surface area contributed by atoms with Gasteiger partial charge in [0.25, 0.3) is 0 Å². The molecular weight excluding hydrogens is 319 g/mol. The van der Waals surface area contributed by atoms with Crippen LogP contribution in [-0.4, -0.2) is 25.6 Å². The second kappa shape index (κ2) is 5.45. The summed E-state index contributed by atoms with van der Waals surface area (Å²) in [5, 5.41) is 13.1. The Hall–Kier alpha value is -2.35. The molecule has 0 saturated heterocycles. The number of nitrogens with one attached hydrogen (secondary N) is 2. The zero-order chi connectivity index (χ0) is 15.7. The molecule has 114 valence electrons. The van der Waals surface area contributed by atoms with E-state index in [4.69, 9.17) is 11.6 Å². The molecule has 3 aromatic rings. The van der Waals surface area contributed by atoms with Gasteiger partial charge in [0.15, 0.2) is 5.82 Å². The Morgan fingerprint density at radius 3 is 2.64 bits per heavy atom. The van der Waals surface area contributed by atoms with E-state index in [1.165, 1.54) is 12.1 Å². The predicted octanol–water partition coefficient (Wildman–Crippen LogP) is 3.46. The Balaban J connectivity index is 1.90. The third-order valence-corrected chi connectivity index (χ3v) is 3.40. The monoisotopic (exact) mass is 327 g/mol. The van der Waals surface area contributed by atoms with Crippen molar-refractivity contribution in [3.05, 3.63) is 52.4 Å². The van der Waals surface area contributed by atoms with Gasteiger partial charge in [-0.25, -0.2) is 0 Å². The van der Waals surface area contributed by atoms with E-state index in [1.807, 2.05) is 0 Å². The van der Waals surface area contributed by atoms with Crippen molar-refractivity contribution < 1.29 is 13.2 Å². The number of H-pyrrole nitrogens is 2. The number of hydrogen-bond donors (Lipinski definition) is 2. The van der Waals surface area contributed by atoms with Crippen LogP contribution in [0.5, 0.6) is 0 Å². The van der Waals surface area contributed by atoms with Gasteiger partial charge in [-0.2, -0.15) is 18.4 Å². The molecule has 2 heterocycles. The van der Waals surface area contributed by atoms with Crippen LogP contribution >= 0.6 is 11.6 Å². The van der Waals surface area contributed by atoms with Crippen molar-refractivity contribution in [2.45, 2.75) is 12.6 Å². The number of rotatable bonds is 3. The Kier molecular flexibility index (Phi) is 3.61. The van der Waals surface area contributed by atoms with Crippen molar-refractivity contribution >= 4 is 11.6 Å². The standard InChI is InChI=1S/C13H9ClF3N5/c14-10-3-1-7(5-9(10)13(15,16)17)11-4-2-8(18-11)6-12-19-21-22-20-12/h1-5,18H,6H2,(H,19,20,21,22). The molecule has 2 N–H and O–H groups in total. The van der Waals surface area contributed by atoms with Gasteiger partial charge in [-0.05, 0) is 29.8 Å². The number of aromatic amines is 2. The van der Waals surface area contributed by atoms with Crippen LogP contribution in [0.1, 0.15) is 17.1 Å². The largest absolute Gasteiger partial charge is 0.417 e. The Bertz CT molecular complexity index is 779. The van der Waals surface area contributed by atoms with Crippen molar-refractivity contribution in [3.63, 3.8) is 0 Å². The van der Waals surface area contributed by atoms with Crippen LogP contribution in [0.15, 0.2) is 30.3 Å². The molecule has 1 aromatic carbocycles. The highest BCUT2D eigenvalue weighted by molar-refractivity contribution is 6.31. The van der Waals surface area contributed by atoms with Crippen molar-refractivity contribution in [2.24, 2.45) is 0 Å². The van der Waals surface area contributed by atoms with Crippen molar-refractivity contribution in [3.8, 4) is 11.3 Å². The topological polar surface area (TPSA) is 70.2 Å². The SMILES string of the molecule is FC(F)(F)c1cc(-c2ccc(Cc3nn[nH]n3)[nH]2)ccc1Cl. The number of hydrogen-bond acceptors (Lipinski definition) is 3. The molecule has 0 amide bonds. The Morgan fingerprint density at radius 2 is 1.95 bits per heavy atom. The molecule has 0 bridgehead atoms.